The van der Waals surface area contributed by atoms with Crippen LogP contribution in [0.15, 0.2) is 60.8 Å². The fourth-order valence-electron chi connectivity index (χ4n) is 2.15. The van der Waals surface area contributed by atoms with E-state index in [0.29, 0.717) is 17.1 Å². The zero-order valence-corrected chi connectivity index (χ0v) is 15.9. The topological polar surface area (TPSA) is 144 Å². The number of aryl methyl sites for hydroxylation is 1. The van der Waals surface area contributed by atoms with Crippen molar-refractivity contribution in [3.63, 3.8) is 0 Å². The zero-order chi connectivity index (χ0) is 21.2. The lowest BCUT2D eigenvalue weighted by atomic mass is 10.1. The SMILES string of the molecule is Nc1nc(Nc2ccc(Cl)cc2)ncc1[N+](=O)[O-].O=C(O)CCc1ccccc1. The summed E-state index contributed by atoms with van der Waals surface area (Å²) in [4.78, 5) is 27.7. The fourth-order valence-corrected chi connectivity index (χ4v) is 2.27. The lowest BCUT2D eigenvalue weighted by molar-refractivity contribution is -0.384. The molecule has 9 nitrogen and oxygen atoms in total. The van der Waals surface area contributed by atoms with Crippen LogP contribution in [0.25, 0.3) is 0 Å². The summed E-state index contributed by atoms with van der Waals surface area (Å²) in [5.41, 5.74) is 6.90. The van der Waals surface area contributed by atoms with E-state index < -0.39 is 10.9 Å². The number of rotatable bonds is 6. The Morgan fingerprint density at radius 1 is 1.17 bits per heavy atom. The number of nitrogens with two attached hydrogens (primary N) is 1. The smallest absolute Gasteiger partial charge is 0.329 e. The predicted octanol–water partition coefficient (Wildman–Crippen LogP) is 4.07. The van der Waals surface area contributed by atoms with E-state index in [4.69, 9.17) is 22.4 Å². The number of nitrogens with zero attached hydrogens (tertiary/aromatic N) is 3. The normalized spacial score (nSPS) is 9.83. The Morgan fingerprint density at radius 2 is 1.83 bits per heavy atom. The average molecular weight is 416 g/mol. The van der Waals surface area contributed by atoms with Crippen molar-refractivity contribution >= 4 is 40.7 Å². The maximum absolute atomic E-state index is 10.5. The van der Waals surface area contributed by atoms with Crippen molar-refractivity contribution in [3.8, 4) is 0 Å². The van der Waals surface area contributed by atoms with Crippen LogP contribution in [0.5, 0.6) is 0 Å². The van der Waals surface area contributed by atoms with Gasteiger partial charge >= 0.3 is 11.7 Å². The summed E-state index contributed by atoms with van der Waals surface area (Å²) in [6, 6.07) is 16.5. The molecule has 1 aromatic heterocycles. The van der Waals surface area contributed by atoms with Gasteiger partial charge in [0.25, 0.3) is 0 Å². The van der Waals surface area contributed by atoms with Gasteiger partial charge in [-0.3, -0.25) is 14.9 Å². The van der Waals surface area contributed by atoms with E-state index in [-0.39, 0.29) is 23.9 Å². The third-order valence-electron chi connectivity index (χ3n) is 3.57. The van der Waals surface area contributed by atoms with Gasteiger partial charge in [0, 0.05) is 17.1 Å². The Labute approximate surface area is 171 Å². The van der Waals surface area contributed by atoms with E-state index in [1.54, 1.807) is 24.3 Å². The van der Waals surface area contributed by atoms with E-state index in [0.717, 1.165) is 11.8 Å². The number of carboxylic acid groups (broad SMARTS) is 1. The Morgan fingerprint density at radius 3 is 2.38 bits per heavy atom. The highest BCUT2D eigenvalue weighted by atomic mass is 35.5. The number of nitrogen functional groups attached to an aromatic ring is 1. The first kappa shape index (κ1) is 21.6. The van der Waals surface area contributed by atoms with Crippen molar-refractivity contribution < 1.29 is 14.8 Å². The molecule has 0 spiro atoms. The second-order valence-corrected chi connectivity index (χ2v) is 6.17. The van der Waals surface area contributed by atoms with Gasteiger partial charge in [-0.15, -0.1) is 0 Å². The van der Waals surface area contributed by atoms with Crippen molar-refractivity contribution in [3.05, 3.63) is 81.5 Å². The molecule has 0 atom stereocenters. The first-order valence-electron chi connectivity index (χ1n) is 8.40. The highest BCUT2D eigenvalue weighted by molar-refractivity contribution is 6.30. The quantitative estimate of drug-likeness (QED) is 0.403. The number of nitro groups is 1. The van der Waals surface area contributed by atoms with Crippen molar-refractivity contribution in [2.45, 2.75) is 12.8 Å². The van der Waals surface area contributed by atoms with Gasteiger partial charge < -0.3 is 16.2 Å². The lowest BCUT2D eigenvalue weighted by Gasteiger charge is -2.05. The van der Waals surface area contributed by atoms with Gasteiger partial charge in [-0.1, -0.05) is 41.9 Å². The number of benzene rings is 2. The molecule has 0 aliphatic rings. The summed E-state index contributed by atoms with van der Waals surface area (Å²) in [6.07, 6.45) is 1.89. The summed E-state index contributed by atoms with van der Waals surface area (Å²) in [5, 5.41) is 22.4. The van der Waals surface area contributed by atoms with E-state index >= 15 is 0 Å². The van der Waals surface area contributed by atoms with Crippen LogP contribution in [-0.2, 0) is 11.2 Å². The minimum atomic E-state index is -0.742. The molecule has 4 N–H and O–H groups in total. The molecule has 29 heavy (non-hydrogen) atoms. The molecule has 3 rings (SSSR count). The predicted molar refractivity (Wildman–Crippen MR) is 110 cm³/mol. The molecular weight excluding hydrogens is 398 g/mol. The third-order valence-corrected chi connectivity index (χ3v) is 3.82. The standard InChI is InChI=1S/C10H8ClN5O2.C9H10O2/c11-6-1-3-7(4-2-6)14-10-13-5-8(16(17)18)9(12)15-10;10-9(11)7-6-8-4-2-1-3-5-8/h1-5H,(H3,12,13,14,15);1-5H,6-7H2,(H,10,11). The van der Waals surface area contributed by atoms with Gasteiger partial charge in [-0.05, 0) is 36.2 Å². The maximum Gasteiger partial charge on any atom is 0.329 e. The Bertz CT molecular complexity index is 968. The molecule has 0 aliphatic carbocycles. The number of hydrogen-bond acceptors (Lipinski definition) is 7. The van der Waals surface area contributed by atoms with Gasteiger partial charge in [0.2, 0.25) is 11.8 Å². The van der Waals surface area contributed by atoms with Crippen LogP contribution >= 0.6 is 11.6 Å². The first-order valence-corrected chi connectivity index (χ1v) is 8.78. The molecule has 0 bridgehead atoms. The largest absolute Gasteiger partial charge is 0.481 e. The van der Waals surface area contributed by atoms with Gasteiger partial charge in [0.1, 0.15) is 6.20 Å². The highest BCUT2D eigenvalue weighted by Crippen LogP contribution is 2.21. The van der Waals surface area contributed by atoms with E-state index in [2.05, 4.69) is 15.3 Å². The van der Waals surface area contributed by atoms with E-state index in [1.165, 1.54) is 0 Å². The summed E-state index contributed by atoms with van der Waals surface area (Å²) in [5.74, 6) is -0.749. The van der Waals surface area contributed by atoms with Crippen LogP contribution in [0.2, 0.25) is 5.02 Å². The number of halogens is 1. The first-order chi connectivity index (χ1) is 13.8. The van der Waals surface area contributed by atoms with Gasteiger partial charge in [-0.25, -0.2) is 4.98 Å². The second kappa shape index (κ2) is 10.6. The molecule has 2 aromatic carbocycles. The number of aliphatic carboxylic acids is 1. The van der Waals surface area contributed by atoms with Crippen molar-refractivity contribution in [2.75, 3.05) is 11.1 Å². The van der Waals surface area contributed by atoms with Crippen molar-refractivity contribution in [2.24, 2.45) is 0 Å². The fraction of sp³-hybridized carbons (Fsp3) is 0.105. The van der Waals surface area contributed by atoms with Gasteiger partial charge in [0.15, 0.2) is 0 Å². The van der Waals surface area contributed by atoms with E-state index in [1.807, 2.05) is 30.3 Å². The maximum atomic E-state index is 10.5. The molecule has 0 aliphatic heterocycles. The Balaban J connectivity index is 0.000000234. The Kier molecular flexibility index (Phi) is 7.87. The summed E-state index contributed by atoms with van der Waals surface area (Å²) in [7, 11) is 0. The molecule has 0 amide bonds. The number of carboxylic acids is 1. The van der Waals surface area contributed by atoms with Crippen LogP contribution in [0.4, 0.5) is 23.1 Å². The molecule has 0 radical (unpaired) electrons. The monoisotopic (exact) mass is 415 g/mol. The van der Waals surface area contributed by atoms with E-state index in [9.17, 15) is 14.9 Å². The average Bonchev–Trinajstić information content (AvgIpc) is 2.69. The third kappa shape index (κ3) is 7.43. The molecule has 0 saturated heterocycles. The number of carbonyl (C=O) groups is 1. The summed E-state index contributed by atoms with van der Waals surface area (Å²) >= 11 is 5.74. The van der Waals surface area contributed by atoms with Gasteiger partial charge in [-0.2, -0.15) is 4.98 Å². The molecule has 150 valence electrons. The minimum Gasteiger partial charge on any atom is -0.481 e. The van der Waals surface area contributed by atoms with Crippen molar-refractivity contribution in [1.82, 2.24) is 9.97 Å². The second-order valence-electron chi connectivity index (χ2n) is 5.73. The minimum absolute atomic E-state index is 0.181. The van der Waals surface area contributed by atoms with Gasteiger partial charge in [0.05, 0.1) is 4.92 Å². The summed E-state index contributed by atoms with van der Waals surface area (Å²) in [6.45, 7) is 0. The van der Waals surface area contributed by atoms with Crippen LogP contribution in [0.1, 0.15) is 12.0 Å². The van der Waals surface area contributed by atoms with Crippen molar-refractivity contribution in [1.29, 1.82) is 0 Å². The summed E-state index contributed by atoms with van der Waals surface area (Å²) < 4.78 is 0. The molecule has 1 heterocycles. The number of nitrogens with one attached hydrogen (secondary N) is 1. The van der Waals surface area contributed by atoms with Crippen LogP contribution < -0.4 is 11.1 Å². The molecule has 0 unspecified atom stereocenters. The highest BCUT2D eigenvalue weighted by Gasteiger charge is 2.14. The van der Waals surface area contributed by atoms with Crippen LogP contribution in [0.3, 0.4) is 0 Å². The molecular formula is C19H18ClN5O4. The molecule has 0 fully saturated rings. The van der Waals surface area contributed by atoms with Crippen LogP contribution in [-0.4, -0.2) is 26.0 Å². The zero-order valence-electron chi connectivity index (χ0n) is 15.2. The Hall–Kier alpha value is -3.72. The lowest BCUT2D eigenvalue weighted by Crippen LogP contribution is -2.03. The number of anilines is 3. The van der Waals surface area contributed by atoms with Crippen LogP contribution in [0, 0.1) is 10.1 Å². The number of hydrogen-bond donors (Lipinski definition) is 3. The molecule has 0 saturated carbocycles. The number of aromatic nitrogens is 2. The molecule has 10 heteroatoms. The molecule has 3 aromatic rings.